The Morgan fingerprint density at radius 1 is 1.50 bits per heavy atom. The first kappa shape index (κ1) is 14.2. The number of nitrogens with one attached hydrogen (secondary N) is 1. The van der Waals surface area contributed by atoms with Crippen molar-refractivity contribution in [3.63, 3.8) is 0 Å². The fourth-order valence-electron chi connectivity index (χ4n) is 1.79. The third-order valence-electron chi connectivity index (χ3n) is 2.70. The quantitative estimate of drug-likeness (QED) is 0.830. The molecular weight excluding hydrogens is 328 g/mol. The van der Waals surface area contributed by atoms with E-state index in [4.69, 9.17) is 0 Å². The van der Waals surface area contributed by atoms with Gasteiger partial charge in [0.05, 0.1) is 5.01 Å². The van der Waals surface area contributed by atoms with Crippen LogP contribution in [0, 0.1) is 6.92 Å². The maximum Gasteiger partial charge on any atom is 0.0897 e. The van der Waals surface area contributed by atoms with Crippen molar-refractivity contribution in [3.8, 4) is 0 Å². The van der Waals surface area contributed by atoms with Crippen molar-refractivity contribution in [2.75, 3.05) is 6.54 Å². The molecule has 1 N–H and O–H groups in total. The van der Waals surface area contributed by atoms with E-state index in [1.807, 2.05) is 17.5 Å². The highest BCUT2D eigenvalue weighted by molar-refractivity contribution is 9.10. The first-order chi connectivity index (χ1) is 8.70. The summed E-state index contributed by atoms with van der Waals surface area (Å²) in [5, 5.41) is 6.89. The molecule has 0 aromatic carbocycles. The SMILES string of the molecule is CCCNC(Cc1sccc1Br)c1cnc(C)s1. The normalized spacial score (nSPS) is 12.8. The lowest BCUT2D eigenvalue weighted by Gasteiger charge is -2.16. The van der Waals surface area contributed by atoms with Gasteiger partial charge >= 0.3 is 0 Å². The zero-order chi connectivity index (χ0) is 13.0. The van der Waals surface area contributed by atoms with Gasteiger partial charge in [0.2, 0.25) is 0 Å². The zero-order valence-corrected chi connectivity index (χ0v) is 13.8. The summed E-state index contributed by atoms with van der Waals surface area (Å²) in [6.45, 7) is 5.31. The number of thiophene rings is 1. The number of thiazole rings is 1. The Labute approximate surface area is 125 Å². The molecule has 1 atom stereocenters. The van der Waals surface area contributed by atoms with Gasteiger partial charge in [0, 0.05) is 32.9 Å². The minimum atomic E-state index is 0.381. The van der Waals surface area contributed by atoms with Crippen molar-refractivity contribution in [1.29, 1.82) is 0 Å². The molecule has 0 amide bonds. The molecule has 2 aromatic heterocycles. The summed E-state index contributed by atoms with van der Waals surface area (Å²) in [6.07, 6.45) is 4.19. The molecule has 5 heteroatoms. The minimum Gasteiger partial charge on any atom is -0.309 e. The molecule has 1 unspecified atom stereocenters. The van der Waals surface area contributed by atoms with E-state index in [1.54, 1.807) is 11.3 Å². The van der Waals surface area contributed by atoms with Crippen molar-refractivity contribution in [2.24, 2.45) is 0 Å². The minimum absolute atomic E-state index is 0.381. The lowest BCUT2D eigenvalue weighted by Crippen LogP contribution is -2.23. The van der Waals surface area contributed by atoms with Crippen LogP contribution in [0.3, 0.4) is 0 Å². The van der Waals surface area contributed by atoms with Crippen LogP contribution in [0.1, 0.15) is 34.1 Å². The molecule has 0 radical (unpaired) electrons. The van der Waals surface area contributed by atoms with Crippen LogP contribution in [0.4, 0.5) is 0 Å². The third-order valence-corrected chi connectivity index (χ3v) is 5.68. The number of nitrogens with zero attached hydrogens (tertiary/aromatic N) is 1. The first-order valence-electron chi connectivity index (χ1n) is 6.08. The largest absolute Gasteiger partial charge is 0.309 e. The molecule has 0 spiro atoms. The molecule has 2 nitrogen and oxygen atoms in total. The van der Waals surface area contributed by atoms with Gasteiger partial charge in [-0.1, -0.05) is 6.92 Å². The van der Waals surface area contributed by atoms with E-state index < -0.39 is 0 Å². The van der Waals surface area contributed by atoms with Gasteiger partial charge in [0.1, 0.15) is 0 Å². The van der Waals surface area contributed by atoms with E-state index in [2.05, 4.69) is 51.5 Å². The van der Waals surface area contributed by atoms with Gasteiger partial charge in [0.15, 0.2) is 0 Å². The van der Waals surface area contributed by atoms with Crippen molar-refractivity contribution < 1.29 is 0 Å². The molecule has 0 bridgehead atoms. The van der Waals surface area contributed by atoms with Crippen LogP contribution in [0.25, 0.3) is 0 Å². The third kappa shape index (κ3) is 3.63. The number of halogens is 1. The number of hydrogen-bond acceptors (Lipinski definition) is 4. The number of hydrogen-bond donors (Lipinski definition) is 1. The second-order valence-corrected chi connectivity index (χ2v) is 7.31. The van der Waals surface area contributed by atoms with Gasteiger partial charge in [-0.25, -0.2) is 4.98 Å². The summed E-state index contributed by atoms with van der Waals surface area (Å²) in [4.78, 5) is 7.10. The molecule has 2 heterocycles. The Hall–Kier alpha value is -0.230. The van der Waals surface area contributed by atoms with E-state index >= 15 is 0 Å². The van der Waals surface area contributed by atoms with Crippen molar-refractivity contribution in [1.82, 2.24) is 10.3 Å². The van der Waals surface area contributed by atoms with Crippen LogP contribution in [0.15, 0.2) is 22.1 Å². The number of rotatable bonds is 6. The second kappa shape index (κ2) is 6.80. The maximum atomic E-state index is 4.37. The lowest BCUT2D eigenvalue weighted by atomic mass is 10.1. The maximum absolute atomic E-state index is 4.37. The summed E-state index contributed by atoms with van der Waals surface area (Å²) in [5.41, 5.74) is 0. The summed E-state index contributed by atoms with van der Waals surface area (Å²) in [5.74, 6) is 0. The molecule has 0 saturated carbocycles. The summed E-state index contributed by atoms with van der Waals surface area (Å²) in [7, 11) is 0. The van der Waals surface area contributed by atoms with Gasteiger partial charge in [-0.15, -0.1) is 22.7 Å². The van der Waals surface area contributed by atoms with E-state index in [0.717, 1.165) is 24.4 Å². The molecule has 98 valence electrons. The topological polar surface area (TPSA) is 24.9 Å². The number of aryl methyl sites for hydroxylation is 1. The monoisotopic (exact) mass is 344 g/mol. The Balaban J connectivity index is 2.12. The summed E-state index contributed by atoms with van der Waals surface area (Å²) in [6, 6.07) is 2.50. The van der Waals surface area contributed by atoms with E-state index in [-0.39, 0.29) is 0 Å². The van der Waals surface area contributed by atoms with Crippen LogP contribution in [0.5, 0.6) is 0 Å². The van der Waals surface area contributed by atoms with Gasteiger partial charge in [-0.05, 0) is 47.3 Å². The fraction of sp³-hybridized carbons (Fsp3) is 0.462. The van der Waals surface area contributed by atoms with Crippen LogP contribution >= 0.6 is 38.6 Å². The highest BCUT2D eigenvalue weighted by atomic mass is 79.9. The predicted octanol–water partition coefficient (Wildman–Crippen LogP) is 4.56. The fourth-order valence-corrected chi connectivity index (χ4v) is 4.21. The summed E-state index contributed by atoms with van der Waals surface area (Å²) < 4.78 is 1.22. The molecule has 0 saturated heterocycles. The van der Waals surface area contributed by atoms with Gasteiger partial charge in [-0.2, -0.15) is 0 Å². The van der Waals surface area contributed by atoms with Crippen LogP contribution in [0.2, 0.25) is 0 Å². The summed E-state index contributed by atoms with van der Waals surface area (Å²) >= 11 is 7.21. The van der Waals surface area contributed by atoms with Crippen LogP contribution in [-0.2, 0) is 6.42 Å². The molecule has 0 fully saturated rings. The average molecular weight is 345 g/mol. The highest BCUT2D eigenvalue weighted by Gasteiger charge is 2.16. The van der Waals surface area contributed by atoms with Crippen LogP contribution < -0.4 is 5.32 Å². The van der Waals surface area contributed by atoms with E-state index in [0.29, 0.717) is 6.04 Å². The van der Waals surface area contributed by atoms with Gasteiger partial charge in [0.25, 0.3) is 0 Å². The Bertz CT molecular complexity index is 493. The Kier molecular flexibility index (Phi) is 5.36. The molecule has 2 rings (SSSR count). The van der Waals surface area contributed by atoms with Gasteiger partial charge < -0.3 is 5.32 Å². The molecule has 2 aromatic rings. The van der Waals surface area contributed by atoms with Gasteiger partial charge in [-0.3, -0.25) is 0 Å². The van der Waals surface area contributed by atoms with E-state index in [1.165, 1.54) is 14.2 Å². The van der Waals surface area contributed by atoms with Crippen molar-refractivity contribution in [2.45, 2.75) is 32.7 Å². The average Bonchev–Trinajstić information content (AvgIpc) is 2.94. The van der Waals surface area contributed by atoms with Crippen molar-refractivity contribution >= 4 is 38.6 Å². The molecule has 18 heavy (non-hydrogen) atoms. The van der Waals surface area contributed by atoms with E-state index in [9.17, 15) is 0 Å². The second-order valence-electron chi connectivity index (χ2n) is 4.18. The molecule has 0 aliphatic carbocycles. The van der Waals surface area contributed by atoms with Crippen LogP contribution in [-0.4, -0.2) is 11.5 Å². The zero-order valence-electron chi connectivity index (χ0n) is 10.6. The molecular formula is C13H17BrN2S2. The Morgan fingerprint density at radius 3 is 2.89 bits per heavy atom. The highest BCUT2D eigenvalue weighted by Crippen LogP contribution is 2.30. The predicted molar refractivity (Wildman–Crippen MR) is 83.6 cm³/mol. The Morgan fingerprint density at radius 2 is 2.33 bits per heavy atom. The molecule has 0 aliphatic rings. The lowest BCUT2D eigenvalue weighted by molar-refractivity contribution is 0.538. The first-order valence-corrected chi connectivity index (χ1v) is 8.57. The standard InChI is InChI=1S/C13H17BrN2S2/c1-3-5-15-11(13-8-16-9(2)18-13)7-12-10(14)4-6-17-12/h4,6,8,11,15H,3,5,7H2,1-2H3. The molecule has 0 aliphatic heterocycles. The van der Waals surface area contributed by atoms with Crippen molar-refractivity contribution in [3.05, 3.63) is 36.9 Å². The number of aromatic nitrogens is 1. The smallest absolute Gasteiger partial charge is 0.0897 e.